The number of H-pyrrole nitrogens is 1. The molecule has 0 radical (unpaired) electrons. The molecular weight excluding hydrogens is 570 g/mol. The number of fused-ring (bicyclic) bond motifs is 6. The van der Waals surface area contributed by atoms with Crippen LogP contribution in [0.15, 0.2) is 57.5 Å². The Morgan fingerprint density at radius 2 is 1.66 bits per heavy atom. The molecule has 0 bridgehead atoms. The maximum atomic E-state index is 10.4. The molecule has 0 spiro atoms. The number of nitrogens with one attached hydrogen (secondary N) is 1. The minimum Gasteiger partial charge on any atom is -0.493 e. The topological polar surface area (TPSA) is 71.0 Å². The molecule has 3 aromatic carbocycles. The zero-order valence-corrected chi connectivity index (χ0v) is 22.7. The maximum Gasteiger partial charge on any atom is 0.162 e. The molecule has 5 aromatic rings. The first kappa shape index (κ1) is 23.0. The zero-order valence-electron chi connectivity index (χ0n) is 19.5. The molecule has 7 heteroatoms. The van der Waals surface area contributed by atoms with E-state index in [1.165, 1.54) is 12.8 Å². The number of hydrogen-bond acceptors (Lipinski definition) is 4. The lowest BCUT2D eigenvalue weighted by molar-refractivity contribution is 0.0800. The first-order valence-corrected chi connectivity index (χ1v) is 13.4. The van der Waals surface area contributed by atoms with Gasteiger partial charge in [-0.1, -0.05) is 6.07 Å². The van der Waals surface area contributed by atoms with E-state index in [0.29, 0.717) is 18.2 Å². The average Bonchev–Trinajstić information content (AvgIpc) is 3.53. The first-order chi connectivity index (χ1) is 16.8. The number of aromatic amines is 1. The van der Waals surface area contributed by atoms with Crippen molar-refractivity contribution in [2.75, 3.05) is 6.61 Å². The number of pyridine rings is 1. The van der Waals surface area contributed by atoms with Gasteiger partial charge in [-0.3, -0.25) is 0 Å². The number of rotatable bonds is 6. The van der Waals surface area contributed by atoms with Crippen molar-refractivity contribution in [3.63, 3.8) is 0 Å². The van der Waals surface area contributed by atoms with Crippen LogP contribution in [0.4, 0.5) is 0 Å². The van der Waals surface area contributed by atoms with Gasteiger partial charge in [0, 0.05) is 42.8 Å². The Morgan fingerprint density at radius 1 is 0.971 bits per heavy atom. The molecule has 1 aliphatic rings. The molecule has 0 aliphatic heterocycles. The summed E-state index contributed by atoms with van der Waals surface area (Å²) in [6.07, 6.45) is 3.02. The van der Waals surface area contributed by atoms with Crippen LogP contribution in [0.2, 0.25) is 0 Å². The van der Waals surface area contributed by atoms with E-state index in [4.69, 9.17) is 14.7 Å². The van der Waals surface area contributed by atoms with Gasteiger partial charge in [0.1, 0.15) is 11.3 Å². The molecule has 2 aromatic heterocycles. The molecule has 5 nitrogen and oxygen atoms in total. The molecule has 1 fully saturated rings. The third-order valence-corrected chi connectivity index (χ3v) is 7.75. The molecule has 35 heavy (non-hydrogen) atoms. The van der Waals surface area contributed by atoms with Crippen LogP contribution < -0.4 is 4.74 Å². The van der Waals surface area contributed by atoms with Gasteiger partial charge in [0.25, 0.3) is 0 Å². The molecule has 178 valence electrons. The zero-order chi connectivity index (χ0) is 24.3. The van der Waals surface area contributed by atoms with Gasteiger partial charge < -0.3 is 14.8 Å². The number of nitrogens with zero attached hydrogens (tertiary/aromatic N) is 2. The van der Waals surface area contributed by atoms with Crippen LogP contribution in [0.5, 0.6) is 5.75 Å². The van der Waals surface area contributed by atoms with E-state index < -0.39 is 5.60 Å². The monoisotopic (exact) mass is 593 g/mol. The summed E-state index contributed by atoms with van der Waals surface area (Å²) >= 11 is 7.33. The van der Waals surface area contributed by atoms with Gasteiger partial charge in [0.2, 0.25) is 0 Å². The van der Waals surface area contributed by atoms with Crippen molar-refractivity contribution in [3.8, 4) is 17.1 Å². The lowest BCUT2D eigenvalue weighted by atomic mass is 9.99. The van der Waals surface area contributed by atoms with Crippen molar-refractivity contribution in [2.45, 2.75) is 38.7 Å². The molecule has 0 saturated heterocycles. The molecule has 2 heterocycles. The number of benzene rings is 3. The van der Waals surface area contributed by atoms with Crippen molar-refractivity contribution in [3.05, 3.63) is 63.2 Å². The highest BCUT2D eigenvalue weighted by atomic mass is 79.9. The SMILES string of the molecule is CC(C)(O)Cc1ccc2c3nc(-c4c(Br)cccc4Br)nc3c3ccc(OCC4CC4)cc3c2[nH]1. The normalized spacial score (nSPS) is 14.3. The Morgan fingerprint density at radius 3 is 2.34 bits per heavy atom. The fraction of sp³-hybridized carbons (Fsp3) is 0.286. The molecule has 1 aliphatic carbocycles. The fourth-order valence-corrected chi connectivity index (χ4v) is 5.94. The summed E-state index contributed by atoms with van der Waals surface area (Å²) in [6, 6.07) is 16.3. The van der Waals surface area contributed by atoms with Crippen LogP contribution in [-0.2, 0) is 6.42 Å². The summed E-state index contributed by atoms with van der Waals surface area (Å²) in [5.74, 6) is 2.21. The van der Waals surface area contributed by atoms with E-state index >= 15 is 0 Å². The fourth-order valence-electron chi connectivity index (χ4n) is 4.58. The molecule has 2 N–H and O–H groups in total. The average molecular weight is 595 g/mol. The van der Waals surface area contributed by atoms with Crippen LogP contribution >= 0.6 is 31.9 Å². The van der Waals surface area contributed by atoms with Crippen molar-refractivity contribution in [2.24, 2.45) is 5.92 Å². The van der Waals surface area contributed by atoms with Crippen LogP contribution in [0.25, 0.3) is 44.1 Å². The highest BCUT2D eigenvalue weighted by Gasteiger charge is 2.23. The predicted molar refractivity (Wildman–Crippen MR) is 148 cm³/mol. The first-order valence-electron chi connectivity index (χ1n) is 11.8. The van der Waals surface area contributed by atoms with Crippen LogP contribution in [0.3, 0.4) is 0 Å². The van der Waals surface area contributed by atoms with Gasteiger partial charge in [0.05, 0.1) is 23.2 Å². The number of halogens is 2. The van der Waals surface area contributed by atoms with Crippen LogP contribution in [0, 0.1) is 5.92 Å². The minimum atomic E-state index is -0.818. The standard InChI is InChI=1S/C28H25Br2N3O2/c1-28(2,34)13-16-8-10-19-24(31-16)20-12-17(35-14-15-6-7-15)9-11-18(20)25-26(19)33-27(32-25)23-21(29)4-3-5-22(23)30/h3-5,8-12,15,31,34H,6-7,13-14H2,1-2H3. The van der Waals surface area contributed by atoms with Gasteiger partial charge in [-0.25, -0.2) is 9.97 Å². The van der Waals surface area contributed by atoms with E-state index in [-0.39, 0.29) is 0 Å². The highest BCUT2D eigenvalue weighted by molar-refractivity contribution is 9.11. The molecule has 0 unspecified atom stereocenters. The third kappa shape index (κ3) is 4.46. The largest absolute Gasteiger partial charge is 0.493 e. The van der Waals surface area contributed by atoms with Gasteiger partial charge in [-0.05, 0) is 107 Å². The van der Waals surface area contributed by atoms with E-state index in [2.05, 4.69) is 55.0 Å². The summed E-state index contributed by atoms with van der Waals surface area (Å²) < 4.78 is 7.98. The Balaban J connectivity index is 1.61. The molecule has 6 rings (SSSR count). The number of aliphatic hydroxyl groups is 1. The number of imidazole rings is 1. The van der Waals surface area contributed by atoms with E-state index in [0.717, 1.165) is 65.3 Å². The highest BCUT2D eigenvalue weighted by Crippen LogP contribution is 2.40. The Labute approximate surface area is 220 Å². The Hall–Kier alpha value is -2.48. The van der Waals surface area contributed by atoms with Gasteiger partial charge in [-0.2, -0.15) is 0 Å². The Bertz CT molecular complexity index is 1580. The molecular formula is C28H25Br2N3O2. The van der Waals surface area contributed by atoms with Crippen molar-refractivity contribution < 1.29 is 9.84 Å². The van der Waals surface area contributed by atoms with Crippen molar-refractivity contribution >= 4 is 64.6 Å². The number of ether oxygens (including phenoxy) is 1. The maximum absolute atomic E-state index is 10.4. The molecule has 0 atom stereocenters. The minimum absolute atomic E-state index is 0.516. The van der Waals surface area contributed by atoms with E-state index in [9.17, 15) is 5.11 Å². The van der Waals surface area contributed by atoms with Crippen molar-refractivity contribution in [1.29, 1.82) is 0 Å². The summed E-state index contributed by atoms with van der Waals surface area (Å²) in [5, 5.41) is 13.5. The van der Waals surface area contributed by atoms with Crippen molar-refractivity contribution in [1.82, 2.24) is 15.0 Å². The van der Waals surface area contributed by atoms with Crippen LogP contribution in [-0.4, -0.2) is 32.3 Å². The van der Waals surface area contributed by atoms with Gasteiger partial charge >= 0.3 is 0 Å². The number of hydrogen-bond donors (Lipinski definition) is 2. The van der Waals surface area contributed by atoms with Crippen LogP contribution in [0.1, 0.15) is 32.4 Å². The smallest absolute Gasteiger partial charge is 0.162 e. The second kappa shape index (κ2) is 8.57. The van der Waals surface area contributed by atoms with E-state index in [1.807, 2.05) is 44.2 Å². The second-order valence-corrected chi connectivity index (χ2v) is 11.8. The molecule has 0 amide bonds. The third-order valence-electron chi connectivity index (χ3n) is 6.43. The predicted octanol–water partition coefficient (Wildman–Crippen LogP) is 7.56. The molecule has 1 saturated carbocycles. The van der Waals surface area contributed by atoms with Gasteiger partial charge in [0.15, 0.2) is 5.82 Å². The Kier molecular flexibility index (Phi) is 5.62. The quantitative estimate of drug-likeness (QED) is 0.199. The number of aromatic nitrogens is 3. The van der Waals surface area contributed by atoms with E-state index in [1.54, 1.807) is 0 Å². The lowest BCUT2D eigenvalue weighted by Crippen LogP contribution is -2.22. The van der Waals surface area contributed by atoms with Gasteiger partial charge in [-0.15, -0.1) is 0 Å². The summed E-state index contributed by atoms with van der Waals surface area (Å²) in [6.45, 7) is 4.40. The summed E-state index contributed by atoms with van der Waals surface area (Å²) in [7, 11) is 0. The lowest BCUT2D eigenvalue weighted by Gasteiger charge is -2.18. The second-order valence-electron chi connectivity index (χ2n) is 10.1. The summed E-state index contributed by atoms with van der Waals surface area (Å²) in [4.78, 5) is 13.6. The summed E-state index contributed by atoms with van der Waals surface area (Å²) in [5.41, 5.74) is 3.76.